The van der Waals surface area contributed by atoms with E-state index in [1.807, 2.05) is 19.6 Å². The summed E-state index contributed by atoms with van der Waals surface area (Å²) in [5.41, 5.74) is -0.799. The zero-order chi connectivity index (χ0) is 19.3. The van der Waals surface area contributed by atoms with Crippen molar-refractivity contribution >= 4 is 20.0 Å². The SMILES string of the molecule is C[Si](C)(C)CCC/C(=C\C(=O)[O-])C(=O)OC(C(F)(F)F)C(F)(F)F. The van der Waals surface area contributed by atoms with Gasteiger partial charge < -0.3 is 14.6 Å². The first kappa shape index (κ1) is 22.5. The molecule has 0 rings (SSSR count). The van der Waals surface area contributed by atoms with Crippen LogP contribution in [-0.2, 0) is 14.3 Å². The highest BCUT2D eigenvalue weighted by atomic mass is 28.3. The molecular weight excluding hydrogens is 362 g/mol. The van der Waals surface area contributed by atoms with E-state index in [1.165, 1.54) is 0 Å². The monoisotopic (exact) mass is 379 g/mol. The molecular formula is C13H17F6O4Si-. The number of aliphatic carboxylic acids is 1. The minimum absolute atomic E-state index is 0.163. The normalized spacial score (nSPS) is 14.0. The fraction of sp³-hybridized carbons (Fsp3) is 0.692. The van der Waals surface area contributed by atoms with E-state index in [1.54, 1.807) is 0 Å². The van der Waals surface area contributed by atoms with Crippen LogP contribution in [0.25, 0.3) is 0 Å². The summed E-state index contributed by atoms with van der Waals surface area (Å²) in [5.74, 6) is -3.89. The molecule has 140 valence electrons. The molecule has 0 aliphatic carbocycles. The van der Waals surface area contributed by atoms with Gasteiger partial charge in [-0.05, 0) is 12.5 Å². The zero-order valence-corrected chi connectivity index (χ0v) is 14.2. The van der Waals surface area contributed by atoms with Crippen LogP contribution in [0.5, 0.6) is 0 Å². The Morgan fingerprint density at radius 2 is 1.54 bits per heavy atom. The Bertz CT molecular complexity index is 476. The third kappa shape index (κ3) is 8.94. The van der Waals surface area contributed by atoms with Crippen molar-refractivity contribution in [2.75, 3.05) is 0 Å². The Balaban J connectivity index is 5.22. The lowest BCUT2D eigenvalue weighted by molar-refractivity contribution is -0.312. The van der Waals surface area contributed by atoms with Gasteiger partial charge in [-0.2, -0.15) is 26.3 Å². The van der Waals surface area contributed by atoms with E-state index in [2.05, 4.69) is 4.74 Å². The molecule has 11 heteroatoms. The molecule has 0 aromatic rings. The first-order valence-corrected chi connectivity index (χ1v) is 10.5. The Hall–Kier alpha value is -1.52. The summed E-state index contributed by atoms with van der Waals surface area (Å²) < 4.78 is 77.7. The van der Waals surface area contributed by atoms with Crippen molar-refractivity contribution in [2.24, 2.45) is 0 Å². The molecule has 0 aliphatic rings. The number of ether oxygens (including phenoxy) is 1. The molecule has 0 spiro atoms. The highest BCUT2D eigenvalue weighted by Gasteiger charge is 2.60. The molecule has 0 bridgehead atoms. The molecule has 0 saturated heterocycles. The molecule has 0 heterocycles. The Morgan fingerprint density at radius 3 is 1.88 bits per heavy atom. The van der Waals surface area contributed by atoms with Crippen LogP contribution in [0.2, 0.25) is 25.7 Å². The second-order valence-corrected chi connectivity index (χ2v) is 11.9. The van der Waals surface area contributed by atoms with Gasteiger partial charge >= 0.3 is 18.3 Å². The van der Waals surface area contributed by atoms with Crippen molar-refractivity contribution in [2.45, 2.75) is 57.0 Å². The minimum Gasteiger partial charge on any atom is -0.545 e. The summed E-state index contributed by atoms with van der Waals surface area (Å²) in [6.07, 6.45) is -16.0. The zero-order valence-electron chi connectivity index (χ0n) is 13.2. The van der Waals surface area contributed by atoms with Crippen LogP contribution in [0.1, 0.15) is 12.8 Å². The average molecular weight is 379 g/mol. The van der Waals surface area contributed by atoms with E-state index in [-0.39, 0.29) is 18.9 Å². The molecule has 0 N–H and O–H groups in total. The van der Waals surface area contributed by atoms with Crippen molar-refractivity contribution < 1.29 is 45.8 Å². The van der Waals surface area contributed by atoms with Crippen LogP contribution in [0, 0.1) is 0 Å². The van der Waals surface area contributed by atoms with Gasteiger partial charge in [0.2, 0.25) is 0 Å². The summed E-state index contributed by atoms with van der Waals surface area (Å²) in [5, 5.41) is 10.5. The van der Waals surface area contributed by atoms with Gasteiger partial charge in [-0.25, -0.2) is 4.79 Å². The molecule has 4 nitrogen and oxygen atoms in total. The highest BCUT2D eigenvalue weighted by molar-refractivity contribution is 6.76. The lowest BCUT2D eigenvalue weighted by Gasteiger charge is -2.23. The maximum absolute atomic E-state index is 12.4. The first-order valence-electron chi connectivity index (χ1n) is 6.80. The topological polar surface area (TPSA) is 66.4 Å². The van der Waals surface area contributed by atoms with Gasteiger partial charge in [-0.1, -0.05) is 32.1 Å². The molecule has 0 aromatic carbocycles. The number of esters is 1. The van der Waals surface area contributed by atoms with Gasteiger partial charge in [-0.3, -0.25) is 0 Å². The number of carbonyl (C=O) groups is 2. The van der Waals surface area contributed by atoms with E-state index in [0.717, 1.165) is 0 Å². The summed E-state index contributed by atoms with van der Waals surface area (Å²) >= 11 is 0. The van der Waals surface area contributed by atoms with E-state index in [0.29, 0.717) is 6.04 Å². The van der Waals surface area contributed by atoms with Crippen LogP contribution in [0.4, 0.5) is 26.3 Å². The number of rotatable bonds is 7. The van der Waals surface area contributed by atoms with Gasteiger partial charge in [0.25, 0.3) is 6.10 Å². The van der Waals surface area contributed by atoms with Crippen molar-refractivity contribution in [3.8, 4) is 0 Å². The van der Waals surface area contributed by atoms with Crippen LogP contribution < -0.4 is 5.11 Å². The van der Waals surface area contributed by atoms with E-state index in [4.69, 9.17) is 0 Å². The van der Waals surface area contributed by atoms with Gasteiger partial charge in [0.05, 0.1) is 5.97 Å². The van der Waals surface area contributed by atoms with Gasteiger partial charge in [0.1, 0.15) is 0 Å². The van der Waals surface area contributed by atoms with Crippen molar-refractivity contribution in [1.82, 2.24) is 0 Å². The molecule has 0 atom stereocenters. The number of carbonyl (C=O) groups excluding carboxylic acids is 2. The third-order valence-electron chi connectivity index (χ3n) is 2.75. The van der Waals surface area contributed by atoms with Crippen molar-refractivity contribution in [3.05, 3.63) is 11.6 Å². The van der Waals surface area contributed by atoms with Gasteiger partial charge in [-0.15, -0.1) is 0 Å². The summed E-state index contributed by atoms with van der Waals surface area (Å²) in [7, 11) is -1.59. The molecule has 0 fully saturated rings. The molecule has 24 heavy (non-hydrogen) atoms. The molecule has 0 unspecified atom stereocenters. The maximum atomic E-state index is 12.4. The van der Waals surface area contributed by atoms with Crippen LogP contribution >= 0.6 is 0 Å². The van der Waals surface area contributed by atoms with E-state index >= 15 is 0 Å². The van der Waals surface area contributed by atoms with Crippen LogP contribution in [-0.4, -0.2) is 38.5 Å². The van der Waals surface area contributed by atoms with Gasteiger partial charge in [0.15, 0.2) is 0 Å². The van der Waals surface area contributed by atoms with Gasteiger partial charge in [0, 0.05) is 13.6 Å². The Labute approximate surface area is 135 Å². The summed E-state index contributed by atoms with van der Waals surface area (Å²) in [6.45, 7) is 5.87. The average Bonchev–Trinajstić information content (AvgIpc) is 2.29. The Kier molecular flexibility index (Phi) is 7.53. The van der Waals surface area contributed by atoms with Crippen LogP contribution in [0.15, 0.2) is 11.6 Å². The number of halogens is 6. The lowest BCUT2D eigenvalue weighted by atomic mass is 10.1. The number of hydrogen-bond acceptors (Lipinski definition) is 4. The number of carboxylic acid groups (broad SMARTS) is 1. The first-order chi connectivity index (χ1) is 10.5. The second-order valence-electron chi connectivity index (χ2n) is 6.27. The summed E-state index contributed by atoms with van der Waals surface area (Å²) in [6, 6.07) is 0.590. The smallest absolute Gasteiger partial charge is 0.434 e. The largest absolute Gasteiger partial charge is 0.545 e. The second kappa shape index (κ2) is 8.04. The maximum Gasteiger partial charge on any atom is 0.434 e. The quantitative estimate of drug-likeness (QED) is 0.295. The highest BCUT2D eigenvalue weighted by Crippen LogP contribution is 2.36. The predicted octanol–water partition coefficient (Wildman–Crippen LogP) is 2.82. The minimum atomic E-state index is -5.86. The molecule has 0 saturated carbocycles. The third-order valence-corrected chi connectivity index (χ3v) is 4.60. The number of carboxylic acids is 1. The number of hydrogen-bond donors (Lipinski definition) is 0. The Morgan fingerprint density at radius 1 is 1.08 bits per heavy atom. The van der Waals surface area contributed by atoms with E-state index < -0.39 is 44.0 Å². The van der Waals surface area contributed by atoms with Crippen molar-refractivity contribution in [1.29, 1.82) is 0 Å². The lowest BCUT2D eigenvalue weighted by Crippen LogP contribution is -2.45. The molecule has 0 aromatic heterocycles. The summed E-state index contributed by atoms with van der Waals surface area (Å²) in [4.78, 5) is 22.1. The fourth-order valence-corrected chi connectivity index (χ4v) is 2.92. The molecule has 0 amide bonds. The van der Waals surface area contributed by atoms with Crippen molar-refractivity contribution in [3.63, 3.8) is 0 Å². The van der Waals surface area contributed by atoms with Crippen LogP contribution in [0.3, 0.4) is 0 Å². The molecule has 0 radical (unpaired) electrons. The molecule has 0 aliphatic heterocycles. The fourth-order valence-electron chi connectivity index (χ4n) is 1.69. The number of alkyl halides is 6. The predicted molar refractivity (Wildman–Crippen MR) is 72.5 cm³/mol. The van der Waals surface area contributed by atoms with E-state index in [9.17, 15) is 41.0 Å². The standard InChI is InChI=1S/C13H18F6O4Si/c1-24(2,3)6-4-5-8(7-9(20)21)10(22)23-11(12(14,15)16)13(17,18)19/h7,11H,4-6H2,1-3H3,(H,20,21)/p-1/b8-7+.